The van der Waals surface area contributed by atoms with Gasteiger partial charge in [0.1, 0.15) is 17.2 Å². The normalized spacial score (nSPS) is 11.8. The van der Waals surface area contributed by atoms with E-state index in [1.165, 1.54) is 5.32 Å². The summed E-state index contributed by atoms with van der Waals surface area (Å²) in [7, 11) is 0. The molecule has 0 rings (SSSR count). The lowest BCUT2D eigenvalue weighted by atomic mass is 10.7. The third-order valence-electron chi connectivity index (χ3n) is 0.507. The molecule has 0 bridgehead atoms. The van der Waals surface area contributed by atoms with Gasteiger partial charge in [-0.1, -0.05) is 0 Å². The van der Waals surface area contributed by atoms with Crippen LogP contribution < -0.4 is 5.32 Å². The molecule has 0 fully saturated rings. The Morgan fingerprint density at radius 3 is 2.55 bits per heavy atom. The van der Waals surface area contributed by atoms with E-state index in [0.717, 1.165) is 0 Å². The van der Waals surface area contributed by atoms with Crippen LogP contribution in [0.15, 0.2) is 0 Å². The van der Waals surface area contributed by atoms with Crippen LogP contribution >= 0.6 is 11.6 Å². The first-order valence-corrected chi connectivity index (χ1v) is 3.77. The van der Waals surface area contributed by atoms with Crippen LogP contribution in [0, 0.1) is 0 Å². The zero-order valence-corrected chi connectivity index (χ0v) is 6.61. The summed E-state index contributed by atoms with van der Waals surface area (Å²) < 4.78 is 22.8. The van der Waals surface area contributed by atoms with Crippen LogP contribution in [0.2, 0.25) is 0 Å². The number of alkyl halides is 1. The Bertz CT molecular complexity index is 194. The Labute approximate surface area is 69.3 Å². The predicted octanol–water partition coefficient (Wildman–Crippen LogP) is -0.728. The second-order valence-corrected chi connectivity index (χ2v) is 2.10. The Balaban J connectivity index is 3.70. The number of carbonyl (C=O) groups is 2. The summed E-state index contributed by atoms with van der Waals surface area (Å²) in [5.41, 5.74) is 0. The molecule has 8 heteroatoms. The Hall–Kier alpha value is -0.660. The lowest BCUT2D eigenvalue weighted by Gasteiger charge is -2.04. The first kappa shape index (κ1) is 10.3. The third-order valence-corrected chi connectivity index (χ3v) is 1.04. The Morgan fingerprint density at radius 1 is 1.64 bits per heavy atom. The second kappa shape index (κ2) is 5.05. The molecule has 0 aliphatic heterocycles. The molecule has 11 heavy (non-hydrogen) atoms. The summed E-state index contributed by atoms with van der Waals surface area (Å²) in [4.78, 5) is 20.5. The summed E-state index contributed by atoms with van der Waals surface area (Å²) >= 11 is 1.99. The van der Waals surface area contributed by atoms with Crippen molar-refractivity contribution in [1.29, 1.82) is 0 Å². The van der Waals surface area contributed by atoms with Crippen molar-refractivity contribution in [3.8, 4) is 0 Å². The standard InChI is InChI=1S/C3H4ClNO5S/c4-1-2(6)5-3(7)10-11(8)9/h1H2,(H,8,9)(H,5,6,7)/p-1. The second-order valence-electron chi connectivity index (χ2n) is 1.26. The molecule has 1 N–H and O–H groups in total. The molecule has 0 heterocycles. The van der Waals surface area contributed by atoms with Crippen LogP contribution in [0.3, 0.4) is 0 Å². The van der Waals surface area contributed by atoms with Gasteiger partial charge < -0.3 is 8.74 Å². The lowest BCUT2D eigenvalue weighted by molar-refractivity contribution is -0.117. The highest BCUT2D eigenvalue weighted by Crippen LogP contribution is 1.82. The number of rotatable bonds is 2. The van der Waals surface area contributed by atoms with Crippen molar-refractivity contribution in [2.45, 2.75) is 0 Å². The zero-order valence-electron chi connectivity index (χ0n) is 5.03. The first-order valence-electron chi connectivity index (χ1n) is 2.23. The fourth-order valence-electron chi connectivity index (χ4n) is 0.230. The van der Waals surface area contributed by atoms with Crippen molar-refractivity contribution >= 4 is 35.0 Å². The molecule has 0 spiro atoms. The van der Waals surface area contributed by atoms with Crippen LogP contribution in [0.4, 0.5) is 4.79 Å². The van der Waals surface area contributed by atoms with Gasteiger partial charge in [0.05, 0.1) is 0 Å². The van der Waals surface area contributed by atoms with E-state index in [1.54, 1.807) is 0 Å². The fraction of sp³-hybridized carbons (Fsp3) is 0.333. The summed E-state index contributed by atoms with van der Waals surface area (Å²) in [6.07, 6.45) is -1.37. The average molecular weight is 201 g/mol. The molecule has 0 saturated heterocycles. The van der Waals surface area contributed by atoms with E-state index >= 15 is 0 Å². The average Bonchev–Trinajstić information content (AvgIpc) is 1.85. The maximum atomic E-state index is 10.3. The smallest absolute Gasteiger partial charge is 0.427 e. The molecular formula is C3H3ClNO5S-. The van der Waals surface area contributed by atoms with Crippen LogP contribution in [0.25, 0.3) is 0 Å². The Morgan fingerprint density at radius 2 is 2.18 bits per heavy atom. The molecule has 6 nitrogen and oxygen atoms in total. The molecular weight excluding hydrogens is 198 g/mol. The van der Waals surface area contributed by atoms with Gasteiger partial charge >= 0.3 is 6.09 Å². The van der Waals surface area contributed by atoms with Gasteiger partial charge in [0.25, 0.3) is 0 Å². The van der Waals surface area contributed by atoms with E-state index in [-0.39, 0.29) is 0 Å². The van der Waals surface area contributed by atoms with E-state index in [1.807, 2.05) is 0 Å². The molecule has 0 aromatic heterocycles. The van der Waals surface area contributed by atoms with Gasteiger partial charge in [-0.2, -0.15) is 0 Å². The number of nitrogens with one attached hydrogen (secondary N) is 1. The van der Waals surface area contributed by atoms with Crippen molar-refractivity contribution in [1.82, 2.24) is 5.32 Å². The van der Waals surface area contributed by atoms with E-state index in [4.69, 9.17) is 11.6 Å². The largest absolute Gasteiger partial charge is 0.740 e. The number of amides is 2. The van der Waals surface area contributed by atoms with Crippen molar-refractivity contribution in [3.63, 3.8) is 0 Å². The van der Waals surface area contributed by atoms with E-state index in [2.05, 4.69) is 4.18 Å². The monoisotopic (exact) mass is 200 g/mol. The van der Waals surface area contributed by atoms with E-state index < -0.39 is 29.2 Å². The molecule has 0 saturated carbocycles. The maximum Gasteiger partial charge on any atom is 0.427 e. The minimum Gasteiger partial charge on any atom is -0.740 e. The van der Waals surface area contributed by atoms with Gasteiger partial charge in [-0.15, -0.1) is 11.6 Å². The van der Waals surface area contributed by atoms with Gasteiger partial charge in [-0.3, -0.25) is 10.1 Å². The molecule has 0 radical (unpaired) electrons. The number of carbonyl (C=O) groups excluding carboxylic acids is 2. The van der Waals surface area contributed by atoms with Gasteiger partial charge in [0, 0.05) is 0 Å². The van der Waals surface area contributed by atoms with E-state index in [0.29, 0.717) is 0 Å². The van der Waals surface area contributed by atoms with Crippen molar-refractivity contribution < 1.29 is 22.5 Å². The highest BCUT2D eigenvalue weighted by atomic mass is 35.5. The summed E-state index contributed by atoms with van der Waals surface area (Å²) in [5, 5.41) is 1.54. The van der Waals surface area contributed by atoms with Crippen LogP contribution in [-0.2, 0) is 20.3 Å². The molecule has 0 aromatic rings. The maximum absolute atomic E-state index is 10.3. The first-order chi connectivity index (χ1) is 5.06. The summed E-state index contributed by atoms with van der Waals surface area (Å²) in [6, 6.07) is 0. The summed E-state index contributed by atoms with van der Waals surface area (Å²) in [5.74, 6) is -1.28. The number of halogens is 1. The van der Waals surface area contributed by atoms with Crippen LogP contribution in [0.5, 0.6) is 0 Å². The minimum absolute atomic E-state index is 0.444. The zero-order chi connectivity index (χ0) is 8.85. The van der Waals surface area contributed by atoms with Crippen molar-refractivity contribution in [2.75, 3.05) is 5.88 Å². The minimum atomic E-state index is -2.97. The van der Waals surface area contributed by atoms with Crippen LogP contribution in [0.1, 0.15) is 0 Å². The molecule has 0 aliphatic rings. The number of hydrogen-bond donors (Lipinski definition) is 1. The van der Waals surface area contributed by atoms with Gasteiger partial charge in [0.2, 0.25) is 5.91 Å². The molecule has 64 valence electrons. The van der Waals surface area contributed by atoms with Crippen LogP contribution in [-0.4, -0.2) is 26.6 Å². The predicted molar refractivity (Wildman–Crippen MR) is 34.3 cm³/mol. The topological polar surface area (TPSA) is 95.5 Å². The van der Waals surface area contributed by atoms with Crippen molar-refractivity contribution in [3.05, 3.63) is 0 Å². The van der Waals surface area contributed by atoms with Gasteiger partial charge in [-0.05, 0) is 0 Å². The Kier molecular flexibility index (Phi) is 4.75. The van der Waals surface area contributed by atoms with Gasteiger partial charge in [0.15, 0.2) is 0 Å². The fourth-order valence-corrected chi connectivity index (χ4v) is 0.462. The summed E-state index contributed by atoms with van der Waals surface area (Å²) in [6.45, 7) is 0. The quantitative estimate of drug-likeness (QED) is 0.468. The van der Waals surface area contributed by atoms with E-state index in [9.17, 15) is 18.4 Å². The van der Waals surface area contributed by atoms with Crippen molar-refractivity contribution in [2.24, 2.45) is 0 Å². The molecule has 0 aliphatic carbocycles. The molecule has 0 aromatic carbocycles. The molecule has 1 unspecified atom stereocenters. The molecule has 2 amide bonds. The van der Waals surface area contributed by atoms with Gasteiger partial charge in [-0.25, -0.2) is 9.00 Å². The highest BCUT2D eigenvalue weighted by molar-refractivity contribution is 7.74. The SMILES string of the molecule is O=C(CCl)NC(=O)OS(=O)[O-]. The highest BCUT2D eigenvalue weighted by Gasteiger charge is 2.06. The molecule has 1 atom stereocenters. The lowest BCUT2D eigenvalue weighted by Crippen LogP contribution is -2.32. The number of imide groups is 1. The number of hydrogen-bond acceptors (Lipinski definition) is 5. The third kappa shape index (κ3) is 5.77.